The Morgan fingerprint density at radius 2 is 1.85 bits per heavy atom. The van der Waals surface area contributed by atoms with Gasteiger partial charge in [-0.3, -0.25) is 9.59 Å². The average molecular weight is 221 g/mol. The van der Waals surface area contributed by atoms with Crippen molar-refractivity contribution in [2.75, 3.05) is 0 Å². The van der Waals surface area contributed by atoms with Crippen LogP contribution in [0.5, 0.6) is 0 Å². The van der Waals surface area contributed by atoms with E-state index in [0.29, 0.717) is 6.29 Å². The summed E-state index contributed by atoms with van der Waals surface area (Å²) in [7, 11) is 0. The zero-order chi connectivity index (χ0) is 10.0. The first-order chi connectivity index (χ1) is 6.11. The molecule has 0 saturated heterocycles. The second-order valence-corrected chi connectivity index (χ2v) is 3.01. The maximum absolute atomic E-state index is 13.1. The first-order valence-corrected chi connectivity index (χ1v) is 3.95. The molecule has 0 aliphatic heterocycles. The van der Waals surface area contributed by atoms with Crippen molar-refractivity contribution in [2.24, 2.45) is 0 Å². The fourth-order valence-corrected chi connectivity index (χ4v) is 1.27. The van der Waals surface area contributed by atoms with Gasteiger partial charge < -0.3 is 0 Å². The van der Waals surface area contributed by atoms with E-state index in [2.05, 4.69) is 0 Å². The third kappa shape index (κ3) is 1.71. The van der Waals surface area contributed by atoms with Gasteiger partial charge in [-0.25, -0.2) is 4.39 Å². The molecule has 0 bridgehead atoms. The molecule has 0 unspecified atom stereocenters. The van der Waals surface area contributed by atoms with Crippen LogP contribution in [0.2, 0.25) is 10.0 Å². The Bertz CT molecular complexity index is 377. The van der Waals surface area contributed by atoms with Crippen LogP contribution in [-0.4, -0.2) is 12.6 Å². The molecule has 1 aromatic carbocycles. The summed E-state index contributed by atoms with van der Waals surface area (Å²) >= 11 is 10.9. The van der Waals surface area contributed by atoms with Crippen molar-refractivity contribution in [3.05, 3.63) is 33.1 Å². The lowest BCUT2D eigenvalue weighted by molar-refractivity contribution is 0.111. The number of aldehydes is 2. The Morgan fingerprint density at radius 3 is 2.31 bits per heavy atom. The van der Waals surface area contributed by atoms with E-state index in [1.54, 1.807) is 0 Å². The molecule has 0 aliphatic rings. The maximum Gasteiger partial charge on any atom is 0.154 e. The molecule has 1 aromatic rings. The molecule has 0 fully saturated rings. The lowest BCUT2D eigenvalue weighted by atomic mass is 10.1. The molecule has 68 valence electrons. The first kappa shape index (κ1) is 10.2. The summed E-state index contributed by atoms with van der Waals surface area (Å²) in [5, 5.41) is -0.513. The quantitative estimate of drug-likeness (QED) is 0.568. The maximum atomic E-state index is 13.1. The second-order valence-electron chi connectivity index (χ2n) is 2.22. The molecule has 0 atom stereocenters. The summed E-state index contributed by atoms with van der Waals surface area (Å²) in [5.74, 6) is -0.966. The van der Waals surface area contributed by atoms with Crippen LogP contribution in [0.1, 0.15) is 20.7 Å². The highest BCUT2D eigenvalue weighted by Gasteiger charge is 2.14. The Labute approximate surface area is 83.3 Å². The summed E-state index contributed by atoms with van der Waals surface area (Å²) in [6, 6.07) is 1.14. The van der Waals surface area contributed by atoms with Gasteiger partial charge in [-0.1, -0.05) is 23.2 Å². The molecule has 5 heteroatoms. The summed E-state index contributed by atoms with van der Waals surface area (Å²) < 4.78 is 13.1. The molecule has 13 heavy (non-hydrogen) atoms. The molecule has 2 nitrogen and oxygen atoms in total. The zero-order valence-electron chi connectivity index (χ0n) is 6.18. The van der Waals surface area contributed by atoms with Crippen LogP contribution in [0.4, 0.5) is 4.39 Å². The third-order valence-electron chi connectivity index (χ3n) is 1.47. The number of rotatable bonds is 2. The van der Waals surface area contributed by atoms with Crippen LogP contribution < -0.4 is 0 Å². The molecule has 0 N–H and O–H groups in total. The highest BCUT2D eigenvalue weighted by molar-refractivity contribution is 6.36. The van der Waals surface area contributed by atoms with Crippen molar-refractivity contribution < 1.29 is 14.0 Å². The normalized spacial score (nSPS) is 9.77. The summed E-state index contributed by atoms with van der Waals surface area (Å²) in [6.07, 6.45) is 0.615. The Kier molecular flexibility index (Phi) is 3.01. The van der Waals surface area contributed by atoms with Gasteiger partial charge in [0, 0.05) is 5.56 Å². The summed E-state index contributed by atoms with van der Waals surface area (Å²) in [6.45, 7) is 0. The van der Waals surface area contributed by atoms with E-state index in [1.165, 1.54) is 0 Å². The Morgan fingerprint density at radius 1 is 1.23 bits per heavy atom. The van der Waals surface area contributed by atoms with Crippen LogP contribution in [0, 0.1) is 5.82 Å². The van der Waals surface area contributed by atoms with Gasteiger partial charge >= 0.3 is 0 Å². The molecule has 0 spiro atoms. The Balaban J connectivity index is 3.54. The minimum Gasteiger partial charge on any atom is -0.298 e. The van der Waals surface area contributed by atoms with Crippen molar-refractivity contribution in [3.63, 3.8) is 0 Å². The molecule has 1 rings (SSSR count). The van der Waals surface area contributed by atoms with Gasteiger partial charge in [0.25, 0.3) is 0 Å². The molecule has 0 aliphatic carbocycles. The molecule has 0 aromatic heterocycles. The predicted molar refractivity (Wildman–Crippen MR) is 47.2 cm³/mol. The second kappa shape index (κ2) is 3.85. The van der Waals surface area contributed by atoms with E-state index >= 15 is 0 Å². The van der Waals surface area contributed by atoms with E-state index in [0.717, 1.165) is 6.07 Å². The van der Waals surface area contributed by atoms with Crippen molar-refractivity contribution in [1.29, 1.82) is 0 Å². The van der Waals surface area contributed by atoms with E-state index < -0.39 is 5.82 Å². The molecule has 0 saturated carbocycles. The predicted octanol–water partition coefficient (Wildman–Crippen LogP) is 2.76. The topological polar surface area (TPSA) is 34.1 Å². The van der Waals surface area contributed by atoms with E-state index in [4.69, 9.17) is 23.2 Å². The fraction of sp³-hybridized carbons (Fsp3) is 0. The standard InChI is InChI=1S/C8H3Cl2FO2/c9-6-1-4(2-12)7(10)8(11)5(6)3-13/h1-3H. The smallest absolute Gasteiger partial charge is 0.154 e. The number of carbonyl (C=O) groups is 2. The van der Waals surface area contributed by atoms with Gasteiger partial charge in [-0.15, -0.1) is 0 Å². The van der Waals surface area contributed by atoms with E-state index in [-0.39, 0.29) is 27.5 Å². The number of hydrogen-bond donors (Lipinski definition) is 0. The van der Waals surface area contributed by atoms with Gasteiger partial charge in [0.2, 0.25) is 0 Å². The molecular formula is C8H3Cl2FO2. The van der Waals surface area contributed by atoms with Gasteiger partial charge in [0.05, 0.1) is 15.6 Å². The molecular weight excluding hydrogens is 218 g/mol. The SMILES string of the molecule is O=Cc1cc(Cl)c(C=O)c(F)c1Cl. The minimum atomic E-state index is -0.966. The lowest BCUT2D eigenvalue weighted by Gasteiger charge is -2.02. The number of carbonyl (C=O) groups excluding carboxylic acids is 2. The number of benzene rings is 1. The van der Waals surface area contributed by atoms with Crippen molar-refractivity contribution in [2.45, 2.75) is 0 Å². The summed E-state index contributed by atoms with van der Waals surface area (Å²) in [4.78, 5) is 20.7. The first-order valence-electron chi connectivity index (χ1n) is 3.19. The van der Waals surface area contributed by atoms with Crippen molar-refractivity contribution in [3.8, 4) is 0 Å². The minimum absolute atomic E-state index is 0.0743. The highest BCUT2D eigenvalue weighted by Crippen LogP contribution is 2.27. The van der Waals surface area contributed by atoms with Crippen molar-refractivity contribution >= 4 is 35.8 Å². The Hall–Kier alpha value is -0.930. The van der Waals surface area contributed by atoms with Gasteiger partial charge in [-0.2, -0.15) is 0 Å². The zero-order valence-corrected chi connectivity index (χ0v) is 7.69. The summed E-state index contributed by atoms with van der Waals surface area (Å²) in [5.41, 5.74) is -0.410. The average Bonchev–Trinajstić information content (AvgIpc) is 2.12. The van der Waals surface area contributed by atoms with Crippen molar-refractivity contribution in [1.82, 2.24) is 0 Å². The largest absolute Gasteiger partial charge is 0.298 e. The van der Waals surface area contributed by atoms with Crippen LogP contribution >= 0.6 is 23.2 Å². The van der Waals surface area contributed by atoms with Gasteiger partial charge in [0.1, 0.15) is 0 Å². The van der Waals surface area contributed by atoms with Crippen LogP contribution in [0.3, 0.4) is 0 Å². The van der Waals surface area contributed by atoms with Crippen LogP contribution in [-0.2, 0) is 0 Å². The molecule has 0 amide bonds. The van der Waals surface area contributed by atoms with E-state index in [1.807, 2.05) is 0 Å². The van der Waals surface area contributed by atoms with E-state index in [9.17, 15) is 14.0 Å². The number of halogens is 3. The molecule has 0 heterocycles. The monoisotopic (exact) mass is 220 g/mol. The molecule has 0 radical (unpaired) electrons. The van der Waals surface area contributed by atoms with Crippen LogP contribution in [0.15, 0.2) is 6.07 Å². The van der Waals surface area contributed by atoms with Gasteiger partial charge in [0.15, 0.2) is 18.4 Å². The van der Waals surface area contributed by atoms with Crippen LogP contribution in [0.25, 0.3) is 0 Å². The third-order valence-corrected chi connectivity index (χ3v) is 2.16. The number of hydrogen-bond acceptors (Lipinski definition) is 2. The lowest BCUT2D eigenvalue weighted by Crippen LogP contribution is -1.95. The highest BCUT2D eigenvalue weighted by atomic mass is 35.5. The van der Waals surface area contributed by atoms with Gasteiger partial charge in [-0.05, 0) is 6.07 Å². The fourth-order valence-electron chi connectivity index (χ4n) is 0.821.